The van der Waals surface area contributed by atoms with Crippen LogP contribution in [0.1, 0.15) is 18.4 Å². The molecule has 0 aromatic heterocycles. The Hall–Kier alpha value is -2.42. The zero-order valence-electron chi connectivity index (χ0n) is 9.57. The molecule has 6 heteroatoms. The van der Waals surface area contributed by atoms with E-state index in [1.807, 2.05) is 12.3 Å². The van der Waals surface area contributed by atoms with Gasteiger partial charge in [0.2, 0.25) is 0 Å². The van der Waals surface area contributed by atoms with Crippen LogP contribution in [0.15, 0.2) is 23.2 Å². The highest BCUT2D eigenvalue weighted by Gasteiger charge is 2.19. The van der Waals surface area contributed by atoms with Crippen LogP contribution in [0.4, 0.5) is 5.69 Å². The highest BCUT2D eigenvalue weighted by atomic mass is 16.6. The Morgan fingerprint density at radius 3 is 3.06 bits per heavy atom. The summed E-state index contributed by atoms with van der Waals surface area (Å²) in [6.07, 6.45) is 3.68. The first-order chi connectivity index (χ1) is 8.72. The van der Waals surface area contributed by atoms with Crippen LogP contribution < -0.4 is 4.74 Å². The number of rotatable bonds is 4. The van der Waals surface area contributed by atoms with E-state index in [0.29, 0.717) is 6.61 Å². The Labute approximate surface area is 104 Å². The van der Waals surface area contributed by atoms with Crippen LogP contribution >= 0.6 is 0 Å². The van der Waals surface area contributed by atoms with Crippen LogP contribution in [0.3, 0.4) is 0 Å². The molecular formula is C12H11N3O3. The van der Waals surface area contributed by atoms with Gasteiger partial charge in [0.05, 0.1) is 11.0 Å². The third kappa shape index (κ3) is 2.46. The van der Waals surface area contributed by atoms with Crippen LogP contribution in [-0.4, -0.2) is 23.8 Å². The van der Waals surface area contributed by atoms with Gasteiger partial charge in [0.25, 0.3) is 5.69 Å². The van der Waals surface area contributed by atoms with Gasteiger partial charge < -0.3 is 4.74 Å². The fourth-order valence-corrected chi connectivity index (χ4v) is 1.78. The molecule has 1 aliphatic heterocycles. The lowest BCUT2D eigenvalue weighted by Crippen LogP contribution is -2.13. The minimum absolute atomic E-state index is 0.0375. The number of nitro groups is 1. The van der Waals surface area contributed by atoms with Crippen LogP contribution in [0, 0.1) is 21.4 Å². The van der Waals surface area contributed by atoms with Gasteiger partial charge in [-0.15, -0.1) is 0 Å². The van der Waals surface area contributed by atoms with Crippen molar-refractivity contribution in [2.24, 2.45) is 4.99 Å². The van der Waals surface area contributed by atoms with E-state index in [4.69, 9.17) is 10.00 Å². The first-order valence-electron chi connectivity index (χ1n) is 5.54. The molecule has 1 heterocycles. The van der Waals surface area contributed by atoms with Crippen molar-refractivity contribution in [1.29, 1.82) is 5.26 Å². The summed E-state index contributed by atoms with van der Waals surface area (Å²) in [6.45, 7) is 0.340. The Morgan fingerprint density at radius 2 is 2.44 bits per heavy atom. The fourth-order valence-electron chi connectivity index (χ4n) is 1.78. The van der Waals surface area contributed by atoms with Crippen molar-refractivity contribution in [3.8, 4) is 11.8 Å². The minimum Gasteiger partial charge on any atom is -0.490 e. The van der Waals surface area contributed by atoms with Gasteiger partial charge in [-0.3, -0.25) is 15.1 Å². The normalized spacial score (nSPS) is 17.4. The summed E-state index contributed by atoms with van der Waals surface area (Å²) in [6, 6.07) is 6.25. The largest absolute Gasteiger partial charge is 0.490 e. The molecular weight excluding hydrogens is 234 g/mol. The van der Waals surface area contributed by atoms with Gasteiger partial charge in [-0.1, -0.05) is 6.07 Å². The highest BCUT2D eigenvalue weighted by molar-refractivity contribution is 5.60. The number of benzene rings is 1. The number of nitrogens with zero attached hydrogens (tertiary/aromatic N) is 3. The van der Waals surface area contributed by atoms with E-state index in [1.165, 1.54) is 12.1 Å². The standard InChI is InChI=1S/C12H11N3O3/c13-7-10-11(15(16)17)4-1-5-12(10)18-8-9-3-2-6-14-9/h1,4-6,9H,2-3,8H2. The van der Waals surface area contributed by atoms with Crippen molar-refractivity contribution in [1.82, 2.24) is 0 Å². The van der Waals surface area contributed by atoms with Crippen LogP contribution in [0.2, 0.25) is 0 Å². The summed E-state index contributed by atoms with van der Waals surface area (Å²) in [5.41, 5.74) is -0.269. The van der Waals surface area contributed by atoms with E-state index in [2.05, 4.69) is 4.99 Å². The predicted octanol–water partition coefficient (Wildman–Crippen LogP) is 2.08. The molecule has 1 aromatic carbocycles. The summed E-state index contributed by atoms with van der Waals surface area (Å²) >= 11 is 0. The molecule has 6 nitrogen and oxygen atoms in total. The van der Waals surface area contributed by atoms with Gasteiger partial charge in [-0.05, 0) is 25.1 Å². The molecule has 0 amide bonds. The number of hydrogen-bond acceptors (Lipinski definition) is 5. The number of nitro benzene ring substituents is 1. The predicted molar refractivity (Wildman–Crippen MR) is 64.8 cm³/mol. The van der Waals surface area contributed by atoms with E-state index < -0.39 is 4.92 Å². The summed E-state index contributed by atoms with van der Waals surface area (Å²) in [5, 5.41) is 19.7. The maximum Gasteiger partial charge on any atom is 0.290 e. The van der Waals surface area contributed by atoms with Gasteiger partial charge in [-0.2, -0.15) is 5.26 Å². The molecule has 0 radical (unpaired) electrons. The number of aliphatic imine (C=N–C) groups is 1. The molecule has 0 spiro atoms. The molecule has 0 saturated heterocycles. The summed E-state index contributed by atoms with van der Waals surface area (Å²) in [5.74, 6) is 0.244. The lowest BCUT2D eigenvalue weighted by Gasteiger charge is -2.10. The van der Waals surface area contributed by atoms with E-state index in [9.17, 15) is 10.1 Å². The third-order valence-electron chi connectivity index (χ3n) is 2.69. The fraction of sp³-hybridized carbons (Fsp3) is 0.333. The number of nitriles is 1. The minimum atomic E-state index is -0.584. The molecule has 0 N–H and O–H groups in total. The molecule has 0 bridgehead atoms. The van der Waals surface area contributed by atoms with E-state index >= 15 is 0 Å². The molecule has 92 valence electrons. The van der Waals surface area contributed by atoms with Crippen LogP contribution in [0.5, 0.6) is 5.75 Å². The highest BCUT2D eigenvalue weighted by Crippen LogP contribution is 2.27. The Bertz CT molecular complexity index is 534. The Morgan fingerprint density at radius 1 is 1.61 bits per heavy atom. The molecule has 1 atom stereocenters. The van der Waals surface area contributed by atoms with Gasteiger partial charge in [0, 0.05) is 6.07 Å². The van der Waals surface area contributed by atoms with Gasteiger partial charge in [0.1, 0.15) is 18.4 Å². The van der Waals surface area contributed by atoms with Gasteiger partial charge >= 0.3 is 0 Å². The maximum atomic E-state index is 10.8. The molecule has 0 fully saturated rings. The molecule has 1 unspecified atom stereocenters. The topological polar surface area (TPSA) is 88.5 Å². The van der Waals surface area contributed by atoms with Gasteiger partial charge in [-0.25, -0.2) is 0 Å². The zero-order valence-corrected chi connectivity index (χ0v) is 9.57. The average Bonchev–Trinajstić information content (AvgIpc) is 2.88. The first-order valence-corrected chi connectivity index (χ1v) is 5.54. The number of ether oxygens (including phenoxy) is 1. The van der Waals surface area contributed by atoms with E-state index in [0.717, 1.165) is 12.8 Å². The lowest BCUT2D eigenvalue weighted by molar-refractivity contribution is -0.385. The van der Waals surface area contributed by atoms with Crippen molar-refractivity contribution in [2.45, 2.75) is 18.9 Å². The smallest absolute Gasteiger partial charge is 0.290 e. The number of hydrogen-bond donors (Lipinski definition) is 0. The van der Waals surface area contributed by atoms with Crippen LogP contribution in [-0.2, 0) is 0 Å². The second-order valence-electron chi connectivity index (χ2n) is 3.89. The molecule has 1 aromatic rings. The summed E-state index contributed by atoms with van der Waals surface area (Å²) in [4.78, 5) is 14.4. The SMILES string of the molecule is N#Cc1c(OCC2CCC=N2)cccc1[N+](=O)[O-]. The molecule has 1 aliphatic rings. The lowest BCUT2D eigenvalue weighted by atomic mass is 10.1. The van der Waals surface area contributed by atoms with Crippen LogP contribution in [0.25, 0.3) is 0 Å². The summed E-state index contributed by atoms with van der Waals surface area (Å²) < 4.78 is 5.46. The first kappa shape index (κ1) is 12.0. The molecule has 2 rings (SSSR count). The van der Waals surface area contributed by atoms with E-state index in [1.54, 1.807) is 6.07 Å². The Balaban J connectivity index is 2.17. The molecule has 18 heavy (non-hydrogen) atoms. The summed E-state index contributed by atoms with van der Waals surface area (Å²) in [7, 11) is 0. The van der Waals surface area contributed by atoms with Crippen molar-refractivity contribution in [3.05, 3.63) is 33.9 Å². The maximum absolute atomic E-state index is 10.8. The monoisotopic (exact) mass is 245 g/mol. The molecule has 0 saturated carbocycles. The van der Waals surface area contributed by atoms with Crippen molar-refractivity contribution in [2.75, 3.05) is 6.61 Å². The zero-order chi connectivity index (χ0) is 13.0. The second kappa shape index (κ2) is 5.27. The second-order valence-corrected chi connectivity index (χ2v) is 3.89. The van der Waals surface area contributed by atoms with Crippen molar-refractivity contribution >= 4 is 11.9 Å². The quantitative estimate of drug-likeness (QED) is 0.600. The average molecular weight is 245 g/mol. The van der Waals surface area contributed by atoms with E-state index in [-0.39, 0.29) is 23.0 Å². The Kier molecular flexibility index (Phi) is 3.53. The van der Waals surface area contributed by atoms with Crippen molar-refractivity contribution < 1.29 is 9.66 Å². The third-order valence-corrected chi connectivity index (χ3v) is 2.69. The van der Waals surface area contributed by atoms with Gasteiger partial charge in [0.15, 0.2) is 5.56 Å². The molecule has 0 aliphatic carbocycles. The van der Waals surface area contributed by atoms with Crippen molar-refractivity contribution in [3.63, 3.8) is 0 Å².